The van der Waals surface area contributed by atoms with E-state index < -0.39 is 6.04 Å². The van der Waals surface area contributed by atoms with Crippen molar-refractivity contribution < 1.29 is 14.4 Å². The van der Waals surface area contributed by atoms with Crippen LogP contribution in [0.2, 0.25) is 0 Å². The van der Waals surface area contributed by atoms with E-state index in [2.05, 4.69) is 25.8 Å². The minimum Gasteiger partial charge on any atom is -0.340 e. The molecule has 1 atom stereocenters. The van der Waals surface area contributed by atoms with E-state index in [1.165, 1.54) is 12.4 Å². The third-order valence-corrected chi connectivity index (χ3v) is 4.15. The van der Waals surface area contributed by atoms with E-state index in [9.17, 15) is 14.4 Å². The summed E-state index contributed by atoms with van der Waals surface area (Å²) in [6.45, 7) is 1.85. The van der Waals surface area contributed by atoms with Crippen molar-refractivity contribution in [1.82, 2.24) is 20.5 Å². The molecular weight excluding hydrogens is 346 g/mol. The van der Waals surface area contributed by atoms with Crippen LogP contribution in [0.15, 0.2) is 36.9 Å². The number of H-pyrrole nitrogens is 1. The molecule has 8 nitrogen and oxygen atoms in total. The van der Waals surface area contributed by atoms with Crippen molar-refractivity contribution in [2.75, 3.05) is 5.32 Å². The van der Waals surface area contributed by atoms with Crippen LogP contribution in [0.4, 0.5) is 5.69 Å². The van der Waals surface area contributed by atoms with Crippen molar-refractivity contribution in [2.24, 2.45) is 0 Å². The van der Waals surface area contributed by atoms with Crippen molar-refractivity contribution in [3.8, 4) is 0 Å². The molecule has 8 heteroatoms. The lowest BCUT2D eigenvalue weighted by molar-refractivity contribution is -0.119. The van der Waals surface area contributed by atoms with Gasteiger partial charge in [0, 0.05) is 25.2 Å². The van der Waals surface area contributed by atoms with Crippen LogP contribution in [-0.4, -0.2) is 38.8 Å². The molecular formula is C19H25N5O3. The number of Topliss-reactive ketones (excluding diaryl/α,β-unsaturated/α-hetero) is 1. The minimum atomic E-state index is -0.686. The van der Waals surface area contributed by atoms with Crippen LogP contribution in [-0.2, 0) is 9.59 Å². The van der Waals surface area contributed by atoms with E-state index in [4.69, 9.17) is 0 Å². The lowest BCUT2D eigenvalue weighted by Gasteiger charge is -2.18. The summed E-state index contributed by atoms with van der Waals surface area (Å²) in [7, 11) is 0. The average Bonchev–Trinajstić information content (AvgIpc) is 3.22. The predicted octanol–water partition coefficient (Wildman–Crippen LogP) is 2.47. The molecule has 144 valence electrons. The normalized spacial score (nSPS) is 11.6. The van der Waals surface area contributed by atoms with Crippen LogP contribution < -0.4 is 10.6 Å². The third-order valence-electron chi connectivity index (χ3n) is 4.15. The van der Waals surface area contributed by atoms with Crippen LogP contribution in [0.3, 0.4) is 0 Å². The number of unbranched alkanes of at least 4 members (excludes halogenated alkanes) is 2. The van der Waals surface area contributed by atoms with Gasteiger partial charge in [-0.05, 0) is 25.0 Å². The number of aromatic amines is 1. The molecule has 2 aromatic heterocycles. The molecule has 0 radical (unpaired) electrons. The number of anilines is 1. The molecule has 0 saturated heterocycles. The van der Waals surface area contributed by atoms with Gasteiger partial charge in [0.1, 0.15) is 11.8 Å². The lowest BCUT2D eigenvalue weighted by atomic mass is 10.0. The highest BCUT2D eigenvalue weighted by Crippen LogP contribution is 2.11. The second kappa shape index (κ2) is 10.8. The van der Waals surface area contributed by atoms with E-state index in [0.717, 1.165) is 19.3 Å². The molecule has 0 saturated carbocycles. The van der Waals surface area contributed by atoms with E-state index in [-0.39, 0.29) is 17.6 Å². The van der Waals surface area contributed by atoms with Crippen LogP contribution >= 0.6 is 0 Å². The van der Waals surface area contributed by atoms with Gasteiger partial charge in [0.05, 0.1) is 23.6 Å². The Morgan fingerprint density at radius 2 is 2.04 bits per heavy atom. The van der Waals surface area contributed by atoms with Gasteiger partial charge in [-0.1, -0.05) is 19.8 Å². The summed E-state index contributed by atoms with van der Waals surface area (Å²) in [5.41, 5.74) is 0.932. The number of pyridine rings is 1. The van der Waals surface area contributed by atoms with Crippen LogP contribution in [0.25, 0.3) is 0 Å². The number of nitrogens with zero attached hydrogens (tertiary/aromatic N) is 2. The number of ketones is 1. The Kier molecular flexibility index (Phi) is 8.15. The number of hydrogen-bond donors (Lipinski definition) is 3. The fraction of sp³-hybridized carbons (Fsp3) is 0.421. The first-order valence-electron chi connectivity index (χ1n) is 9.12. The van der Waals surface area contributed by atoms with Crippen molar-refractivity contribution in [3.63, 3.8) is 0 Å². The average molecular weight is 371 g/mol. The van der Waals surface area contributed by atoms with Gasteiger partial charge in [0.2, 0.25) is 5.91 Å². The van der Waals surface area contributed by atoms with Crippen LogP contribution in [0.1, 0.15) is 55.8 Å². The lowest BCUT2D eigenvalue weighted by Crippen LogP contribution is -2.43. The zero-order valence-electron chi connectivity index (χ0n) is 15.4. The molecule has 0 aromatic carbocycles. The molecule has 2 heterocycles. The van der Waals surface area contributed by atoms with Gasteiger partial charge in [0.15, 0.2) is 0 Å². The van der Waals surface area contributed by atoms with Gasteiger partial charge in [-0.3, -0.25) is 24.5 Å². The Labute approximate surface area is 158 Å². The molecule has 2 rings (SSSR count). The van der Waals surface area contributed by atoms with Crippen molar-refractivity contribution in [1.29, 1.82) is 0 Å². The molecule has 3 N–H and O–H groups in total. The molecule has 0 aliphatic heterocycles. The van der Waals surface area contributed by atoms with Crippen LogP contribution in [0, 0.1) is 0 Å². The maximum Gasteiger partial charge on any atom is 0.255 e. The maximum absolute atomic E-state index is 12.6. The molecule has 0 spiro atoms. The summed E-state index contributed by atoms with van der Waals surface area (Å²) in [5.74, 6) is -0.421. The molecule has 27 heavy (non-hydrogen) atoms. The zero-order chi connectivity index (χ0) is 19.5. The molecule has 1 unspecified atom stereocenters. The number of hydrogen-bond acceptors (Lipinski definition) is 5. The number of rotatable bonds is 11. The van der Waals surface area contributed by atoms with Gasteiger partial charge in [0.25, 0.3) is 5.91 Å². The second-order valence-corrected chi connectivity index (χ2v) is 6.24. The Bertz CT molecular complexity index is 731. The van der Waals surface area contributed by atoms with Crippen LogP contribution in [0.5, 0.6) is 0 Å². The van der Waals surface area contributed by atoms with E-state index in [0.29, 0.717) is 30.5 Å². The predicted molar refractivity (Wildman–Crippen MR) is 101 cm³/mol. The SMILES string of the molecule is CCC(=O)CCCCCC(NC(=O)c1cn[nH]c1)C(=O)Nc1cccnc1. The van der Waals surface area contributed by atoms with Gasteiger partial charge in [-0.15, -0.1) is 0 Å². The second-order valence-electron chi connectivity index (χ2n) is 6.24. The topological polar surface area (TPSA) is 117 Å². The van der Waals surface area contributed by atoms with Crippen molar-refractivity contribution in [3.05, 3.63) is 42.5 Å². The van der Waals surface area contributed by atoms with Gasteiger partial charge >= 0.3 is 0 Å². The number of nitrogens with one attached hydrogen (secondary N) is 3. The fourth-order valence-corrected chi connectivity index (χ4v) is 2.58. The van der Waals surface area contributed by atoms with E-state index in [1.54, 1.807) is 24.5 Å². The Hall–Kier alpha value is -3.03. The summed E-state index contributed by atoms with van der Waals surface area (Å²) >= 11 is 0. The van der Waals surface area contributed by atoms with Crippen molar-refractivity contribution >= 4 is 23.3 Å². The summed E-state index contributed by atoms with van der Waals surface area (Å²) in [4.78, 5) is 40.2. The van der Waals surface area contributed by atoms with Gasteiger partial charge in [-0.2, -0.15) is 5.10 Å². The number of carbonyl (C=O) groups excluding carboxylic acids is 3. The standard InChI is InChI=1S/C19H25N5O3/c1-2-16(25)8-4-3-5-9-17(24-18(26)14-11-21-22-12-14)19(27)23-15-7-6-10-20-13-15/h6-7,10-13,17H,2-5,8-9H2,1H3,(H,21,22)(H,23,27)(H,24,26). The minimum absolute atomic E-state index is 0.245. The Morgan fingerprint density at radius 3 is 2.70 bits per heavy atom. The summed E-state index contributed by atoms with van der Waals surface area (Å²) in [5, 5.41) is 11.8. The molecule has 2 amide bonds. The summed E-state index contributed by atoms with van der Waals surface area (Å²) < 4.78 is 0. The molecule has 2 aromatic rings. The first kappa shape index (κ1) is 20.3. The highest BCUT2D eigenvalue weighted by atomic mass is 16.2. The van der Waals surface area contributed by atoms with E-state index >= 15 is 0 Å². The Balaban J connectivity index is 1.91. The molecule has 0 bridgehead atoms. The number of carbonyl (C=O) groups is 3. The number of amides is 2. The van der Waals surface area contributed by atoms with Crippen molar-refractivity contribution in [2.45, 2.75) is 51.5 Å². The first-order chi connectivity index (χ1) is 13.1. The quantitative estimate of drug-likeness (QED) is 0.525. The molecule has 0 fully saturated rings. The monoisotopic (exact) mass is 371 g/mol. The van der Waals surface area contributed by atoms with Gasteiger partial charge in [-0.25, -0.2) is 0 Å². The highest BCUT2D eigenvalue weighted by Gasteiger charge is 2.21. The number of aromatic nitrogens is 3. The summed E-state index contributed by atoms with van der Waals surface area (Å²) in [6.07, 6.45) is 9.98. The maximum atomic E-state index is 12.6. The summed E-state index contributed by atoms with van der Waals surface area (Å²) in [6, 6.07) is 2.77. The zero-order valence-corrected chi connectivity index (χ0v) is 15.4. The molecule has 0 aliphatic carbocycles. The largest absolute Gasteiger partial charge is 0.340 e. The highest BCUT2D eigenvalue weighted by molar-refractivity contribution is 6.00. The smallest absolute Gasteiger partial charge is 0.255 e. The van der Waals surface area contributed by atoms with E-state index in [1.807, 2.05) is 6.92 Å². The Morgan fingerprint density at radius 1 is 1.19 bits per heavy atom. The third kappa shape index (κ3) is 7.01. The fourth-order valence-electron chi connectivity index (χ4n) is 2.58. The van der Waals surface area contributed by atoms with Gasteiger partial charge < -0.3 is 10.6 Å². The molecule has 0 aliphatic rings. The first-order valence-corrected chi connectivity index (χ1v) is 9.12.